The molecule has 240 valence electrons. The highest BCUT2D eigenvalue weighted by atomic mass is 15.2. The highest BCUT2D eigenvalue weighted by Crippen LogP contribution is 2.44. The fourth-order valence-corrected chi connectivity index (χ4v) is 8.61. The van der Waals surface area contributed by atoms with Gasteiger partial charge in [-0.05, 0) is 165 Å². The maximum Gasteiger partial charge on any atom is 0.0554 e. The smallest absolute Gasteiger partial charge is 0.0554 e. The van der Waals surface area contributed by atoms with Gasteiger partial charge in [0.1, 0.15) is 0 Å². The second-order valence-electron chi connectivity index (χ2n) is 13.9. The lowest BCUT2D eigenvalue weighted by atomic mass is 9.78. The molecule has 2 nitrogen and oxygen atoms in total. The minimum absolute atomic E-state index is 0.450. The summed E-state index contributed by atoms with van der Waals surface area (Å²) >= 11 is 0. The molecule has 1 unspecified atom stereocenters. The summed E-state index contributed by atoms with van der Waals surface area (Å²) in [7, 11) is 0. The zero-order chi connectivity index (χ0) is 32.5. The van der Waals surface area contributed by atoms with Gasteiger partial charge in [0.15, 0.2) is 0 Å². The van der Waals surface area contributed by atoms with E-state index in [-0.39, 0.29) is 0 Å². The van der Waals surface area contributed by atoms with Crippen molar-refractivity contribution in [3.63, 3.8) is 0 Å². The number of rotatable bonds is 7. The van der Waals surface area contributed by atoms with Gasteiger partial charge in [-0.2, -0.15) is 0 Å². The third-order valence-corrected chi connectivity index (χ3v) is 10.9. The SMILES string of the molecule is Cc1cc(N(c2ccccc2)c2cccc3c2CCC=C3)ccc1-c1ccc(N(c2ccccc2)C2CCCC3=C2CCCC3)cc1C. The number of nitrogens with zero attached hydrogens (tertiary/aromatic N) is 2. The van der Waals surface area contributed by atoms with Crippen LogP contribution in [0.1, 0.15) is 73.6 Å². The van der Waals surface area contributed by atoms with Gasteiger partial charge < -0.3 is 9.80 Å². The van der Waals surface area contributed by atoms with Gasteiger partial charge in [0.25, 0.3) is 0 Å². The first-order valence-electron chi connectivity index (χ1n) is 18.1. The van der Waals surface area contributed by atoms with E-state index in [9.17, 15) is 0 Å². The van der Waals surface area contributed by atoms with E-state index in [1.54, 1.807) is 11.1 Å². The predicted octanol–water partition coefficient (Wildman–Crippen LogP) is 13.0. The molecule has 1 atom stereocenters. The Morgan fingerprint density at radius 1 is 0.562 bits per heavy atom. The molecule has 0 N–H and O–H groups in total. The van der Waals surface area contributed by atoms with E-state index >= 15 is 0 Å². The van der Waals surface area contributed by atoms with Gasteiger partial charge >= 0.3 is 0 Å². The van der Waals surface area contributed by atoms with Crippen molar-refractivity contribution in [2.45, 2.75) is 77.7 Å². The Morgan fingerprint density at radius 3 is 1.98 bits per heavy atom. The maximum atomic E-state index is 2.65. The molecule has 48 heavy (non-hydrogen) atoms. The zero-order valence-corrected chi connectivity index (χ0v) is 28.5. The third kappa shape index (κ3) is 5.79. The molecular formula is C46H46N2. The average molecular weight is 627 g/mol. The highest BCUT2D eigenvalue weighted by molar-refractivity contribution is 5.84. The lowest BCUT2D eigenvalue weighted by Crippen LogP contribution is -2.36. The fraction of sp³-hybridized carbons (Fsp3) is 0.261. The number of benzene rings is 5. The summed E-state index contributed by atoms with van der Waals surface area (Å²) < 4.78 is 0. The monoisotopic (exact) mass is 626 g/mol. The Bertz CT molecular complexity index is 1980. The first-order valence-corrected chi connectivity index (χ1v) is 18.1. The largest absolute Gasteiger partial charge is 0.334 e. The van der Waals surface area contributed by atoms with E-state index in [1.807, 2.05) is 0 Å². The van der Waals surface area contributed by atoms with Crippen LogP contribution in [0.15, 0.2) is 132 Å². The summed E-state index contributed by atoms with van der Waals surface area (Å²) in [4.78, 5) is 5.10. The molecule has 0 bridgehead atoms. The molecule has 8 rings (SSSR count). The van der Waals surface area contributed by atoms with Crippen LogP contribution in [-0.4, -0.2) is 6.04 Å². The summed E-state index contributed by atoms with van der Waals surface area (Å²) in [6.07, 6.45) is 15.8. The number of anilines is 5. The second kappa shape index (κ2) is 13.4. The first-order chi connectivity index (χ1) is 23.7. The van der Waals surface area contributed by atoms with Crippen molar-refractivity contribution in [2.24, 2.45) is 0 Å². The topological polar surface area (TPSA) is 6.48 Å². The number of hydrogen-bond acceptors (Lipinski definition) is 2. The number of para-hydroxylation sites is 2. The summed E-state index contributed by atoms with van der Waals surface area (Å²) in [6, 6.07) is 43.3. The fourth-order valence-electron chi connectivity index (χ4n) is 8.61. The predicted molar refractivity (Wildman–Crippen MR) is 205 cm³/mol. The molecule has 0 saturated carbocycles. The molecule has 3 aliphatic rings. The van der Waals surface area contributed by atoms with Crippen molar-refractivity contribution in [1.29, 1.82) is 0 Å². The normalized spacial score (nSPS) is 17.1. The Balaban J connectivity index is 1.17. The molecule has 2 heteroatoms. The molecule has 0 aromatic heterocycles. The molecule has 0 radical (unpaired) electrons. The number of aryl methyl sites for hydroxylation is 2. The van der Waals surface area contributed by atoms with Crippen LogP contribution in [0.5, 0.6) is 0 Å². The van der Waals surface area contributed by atoms with Crippen molar-refractivity contribution in [3.8, 4) is 11.1 Å². The number of allylic oxidation sites excluding steroid dienone is 2. The first kappa shape index (κ1) is 30.5. The lowest BCUT2D eigenvalue weighted by molar-refractivity contribution is 0.508. The summed E-state index contributed by atoms with van der Waals surface area (Å²) in [6.45, 7) is 4.56. The zero-order valence-electron chi connectivity index (χ0n) is 28.5. The van der Waals surface area contributed by atoms with E-state index in [0.717, 1.165) is 12.8 Å². The van der Waals surface area contributed by atoms with Gasteiger partial charge in [0.05, 0.1) is 6.04 Å². The van der Waals surface area contributed by atoms with Crippen LogP contribution in [0.25, 0.3) is 17.2 Å². The summed E-state index contributed by atoms with van der Waals surface area (Å²) in [5.74, 6) is 0. The van der Waals surface area contributed by atoms with Crippen LogP contribution >= 0.6 is 0 Å². The molecule has 0 saturated heterocycles. The van der Waals surface area contributed by atoms with Crippen LogP contribution in [0.2, 0.25) is 0 Å². The average Bonchev–Trinajstić information content (AvgIpc) is 3.13. The summed E-state index contributed by atoms with van der Waals surface area (Å²) in [5, 5.41) is 0. The van der Waals surface area contributed by atoms with Gasteiger partial charge in [0, 0.05) is 28.4 Å². The van der Waals surface area contributed by atoms with Crippen LogP contribution in [0, 0.1) is 13.8 Å². The van der Waals surface area contributed by atoms with Crippen molar-refractivity contribution in [1.82, 2.24) is 0 Å². The van der Waals surface area contributed by atoms with Gasteiger partial charge in [-0.3, -0.25) is 0 Å². The maximum absolute atomic E-state index is 2.65. The summed E-state index contributed by atoms with van der Waals surface area (Å²) in [5.41, 5.74) is 17.7. The minimum atomic E-state index is 0.450. The van der Waals surface area contributed by atoms with Gasteiger partial charge in [0.2, 0.25) is 0 Å². The van der Waals surface area contributed by atoms with E-state index < -0.39 is 0 Å². The molecule has 3 aliphatic carbocycles. The Morgan fingerprint density at radius 2 is 1.23 bits per heavy atom. The van der Waals surface area contributed by atoms with Gasteiger partial charge in [-0.25, -0.2) is 0 Å². The second-order valence-corrected chi connectivity index (χ2v) is 13.9. The Hall–Kier alpha value is -4.82. The van der Waals surface area contributed by atoms with E-state index in [1.165, 1.54) is 107 Å². The molecule has 0 spiro atoms. The standard InChI is InChI=1S/C46H46N2/c1-33-31-39(47(37-19-5-3-6-20-37)45-25-13-17-35-15-9-11-23-43(35)45)27-29-41(33)42-30-28-40(32-34(42)2)48(38-21-7-4-8-22-38)46-26-14-18-36-16-10-12-24-44(36)46/h3-9,13,15,17,19-22,25,27-32,46H,10-12,14,16,18,23-24,26H2,1-2H3. The van der Waals surface area contributed by atoms with Crippen LogP contribution in [0.3, 0.4) is 0 Å². The third-order valence-electron chi connectivity index (χ3n) is 10.9. The molecular weight excluding hydrogens is 581 g/mol. The van der Waals surface area contributed by atoms with E-state index in [4.69, 9.17) is 0 Å². The molecule has 5 aromatic rings. The number of hydrogen-bond donors (Lipinski definition) is 0. The van der Waals surface area contributed by atoms with Crippen molar-refractivity contribution < 1.29 is 0 Å². The minimum Gasteiger partial charge on any atom is -0.334 e. The molecule has 5 aromatic carbocycles. The van der Waals surface area contributed by atoms with E-state index in [0.29, 0.717) is 6.04 Å². The van der Waals surface area contributed by atoms with E-state index in [2.05, 4.69) is 151 Å². The number of fused-ring (bicyclic) bond motifs is 1. The van der Waals surface area contributed by atoms with Gasteiger partial charge in [-0.15, -0.1) is 0 Å². The highest BCUT2D eigenvalue weighted by Gasteiger charge is 2.31. The molecule has 0 amide bonds. The van der Waals surface area contributed by atoms with Crippen molar-refractivity contribution >= 4 is 34.5 Å². The van der Waals surface area contributed by atoms with Crippen molar-refractivity contribution in [3.05, 3.63) is 155 Å². The van der Waals surface area contributed by atoms with Gasteiger partial charge in [-0.1, -0.05) is 78.4 Å². The Labute approximate surface area is 287 Å². The molecule has 0 fully saturated rings. The van der Waals surface area contributed by atoms with Crippen molar-refractivity contribution in [2.75, 3.05) is 9.80 Å². The Kier molecular flexibility index (Phi) is 8.49. The quantitative estimate of drug-likeness (QED) is 0.166. The van der Waals surface area contributed by atoms with Crippen LogP contribution in [0.4, 0.5) is 28.4 Å². The molecule has 0 heterocycles. The van der Waals surface area contributed by atoms with Crippen LogP contribution < -0.4 is 9.80 Å². The van der Waals surface area contributed by atoms with Crippen LogP contribution in [-0.2, 0) is 6.42 Å². The molecule has 0 aliphatic heterocycles. The lowest BCUT2D eigenvalue weighted by Gasteiger charge is -2.41.